The van der Waals surface area contributed by atoms with E-state index in [1.807, 2.05) is 0 Å². The van der Waals surface area contributed by atoms with Gasteiger partial charge in [-0.2, -0.15) is 5.26 Å². The van der Waals surface area contributed by atoms with Gasteiger partial charge in [0.15, 0.2) is 0 Å². The van der Waals surface area contributed by atoms with Gasteiger partial charge in [0.25, 0.3) is 0 Å². The largest absolute Gasteiger partial charge is 0.301 e. The van der Waals surface area contributed by atoms with Crippen LogP contribution in [0.15, 0.2) is 0 Å². The van der Waals surface area contributed by atoms with Crippen molar-refractivity contribution in [3.8, 4) is 6.07 Å². The summed E-state index contributed by atoms with van der Waals surface area (Å²) in [5, 5.41) is 12.9. The molecule has 0 aromatic rings. The van der Waals surface area contributed by atoms with E-state index in [1.165, 1.54) is 25.9 Å². The monoisotopic (exact) mass is 292 g/mol. The molecule has 1 N–H and O–H groups in total. The van der Waals surface area contributed by atoms with E-state index in [2.05, 4.69) is 48.9 Å². The number of nitrogens with one attached hydrogen (secondary N) is 1. The molecule has 1 aliphatic heterocycles. The summed E-state index contributed by atoms with van der Waals surface area (Å²) in [6.45, 7) is 14.7. The van der Waals surface area contributed by atoms with Crippen LogP contribution in [0.2, 0.25) is 0 Å². The first-order valence-electron chi connectivity index (χ1n) is 8.49. The summed E-state index contributed by atoms with van der Waals surface area (Å²) in [7, 11) is 0. The Kier molecular flexibility index (Phi) is 5.29. The molecular weight excluding hydrogens is 260 g/mol. The molecule has 2 fully saturated rings. The lowest BCUT2D eigenvalue weighted by Gasteiger charge is -2.42. The predicted octanol–water partition coefficient (Wildman–Crippen LogP) is 2.22. The Morgan fingerprint density at radius 2 is 1.71 bits per heavy atom. The normalized spacial score (nSPS) is 24.5. The van der Waals surface area contributed by atoms with E-state index in [-0.39, 0.29) is 5.54 Å². The van der Waals surface area contributed by atoms with Crippen molar-refractivity contribution in [2.75, 3.05) is 32.7 Å². The van der Waals surface area contributed by atoms with Crippen molar-refractivity contribution in [3.63, 3.8) is 0 Å². The van der Waals surface area contributed by atoms with Gasteiger partial charge < -0.3 is 4.90 Å². The summed E-state index contributed by atoms with van der Waals surface area (Å²) in [4.78, 5) is 5.12. The maximum atomic E-state index is 9.39. The molecule has 1 aliphatic carbocycles. The van der Waals surface area contributed by atoms with Gasteiger partial charge in [-0.25, -0.2) is 0 Å². The Bertz CT molecular complexity index is 369. The summed E-state index contributed by atoms with van der Waals surface area (Å²) in [6, 6.07) is 3.08. The molecule has 0 radical (unpaired) electrons. The number of piperazine rings is 1. The van der Waals surface area contributed by atoms with Gasteiger partial charge in [-0.1, -0.05) is 0 Å². The van der Waals surface area contributed by atoms with E-state index in [1.54, 1.807) is 0 Å². The van der Waals surface area contributed by atoms with Gasteiger partial charge in [-0.15, -0.1) is 0 Å². The van der Waals surface area contributed by atoms with Crippen LogP contribution in [0.5, 0.6) is 0 Å². The molecular formula is C17H32N4. The van der Waals surface area contributed by atoms with Crippen LogP contribution in [-0.2, 0) is 0 Å². The average molecular weight is 292 g/mol. The fraction of sp³-hybridized carbons (Fsp3) is 0.941. The molecule has 0 spiro atoms. The molecule has 21 heavy (non-hydrogen) atoms. The minimum Gasteiger partial charge on any atom is -0.301 e. The van der Waals surface area contributed by atoms with Crippen LogP contribution in [0.25, 0.3) is 0 Å². The predicted molar refractivity (Wildman–Crippen MR) is 87.2 cm³/mol. The van der Waals surface area contributed by atoms with E-state index < -0.39 is 0 Å². The van der Waals surface area contributed by atoms with Crippen molar-refractivity contribution >= 4 is 0 Å². The van der Waals surface area contributed by atoms with Gasteiger partial charge in [0.2, 0.25) is 0 Å². The molecule has 1 saturated heterocycles. The van der Waals surface area contributed by atoms with E-state index in [9.17, 15) is 5.26 Å². The Hall–Kier alpha value is -0.630. The second-order valence-corrected chi connectivity index (χ2v) is 7.97. The third kappa shape index (κ3) is 5.25. The third-order valence-electron chi connectivity index (χ3n) is 4.82. The summed E-state index contributed by atoms with van der Waals surface area (Å²) in [6.07, 6.45) is 4.55. The molecule has 4 heteroatoms. The molecule has 4 nitrogen and oxygen atoms in total. The zero-order valence-electron chi connectivity index (χ0n) is 14.3. The molecule has 0 bridgehead atoms. The zero-order valence-corrected chi connectivity index (χ0v) is 14.3. The number of nitrogens with zero attached hydrogens (tertiary/aromatic N) is 3. The number of hydrogen-bond acceptors (Lipinski definition) is 4. The SMILES string of the molecule is CC(C#N)(CCCN1CCN(C(C)(C)C)CC1)NC1CC1. The van der Waals surface area contributed by atoms with Crippen molar-refractivity contribution in [2.45, 2.75) is 70.5 Å². The lowest BCUT2D eigenvalue weighted by Crippen LogP contribution is -2.53. The molecule has 0 aromatic heterocycles. The minimum atomic E-state index is -0.325. The van der Waals surface area contributed by atoms with Gasteiger partial charge in [-0.05, 0) is 59.9 Å². The highest BCUT2D eigenvalue weighted by Gasteiger charge is 2.32. The van der Waals surface area contributed by atoms with Gasteiger partial charge in [0.1, 0.15) is 5.54 Å². The lowest BCUT2D eigenvalue weighted by atomic mass is 9.97. The summed E-state index contributed by atoms with van der Waals surface area (Å²) >= 11 is 0. The fourth-order valence-corrected chi connectivity index (χ4v) is 3.14. The summed E-state index contributed by atoms with van der Waals surface area (Å²) < 4.78 is 0. The molecule has 1 saturated carbocycles. The van der Waals surface area contributed by atoms with E-state index in [0.717, 1.165) is 32.5 Å². The highest BCUT2D eigenvalue weighted by atomic mass is 15.3. The van der Waals surface area contributed by atoms with Gasteiger partial charge in [0, 0.05) is 37.8 Å². The van der Waals surface area contributed by atoms with Crippen LogP contribution in [0.1, 0.15) is 53.4 Å². The van der Waals surface area contributed by atoms with Crippen LogP contribution in [0.4, 0.5) is 0 Å². The van der Waals surface area contributed by atoms with Crippen LogP contribution in [-0.4, -0.2) is 59.6 Å². The molecule has 1 heterocycles. The highest BCUT2D eigenvalue weighted by molar-refractivity contribution is 5.07. The second-order valence-electron chi connectivity index (χ2n) is 7.97. The smallest absolute Gasteiger partial charge is 0.104 e. The Morgan fingerprint density at radius 1 is 1.10 bits per heavy atom. The van der Waals surface area contributed by atoms with Crippen LogP contribution in [0.3, 0.4) is 0 Å². The Balaban J connectivity index is 1.66. The van der Waals surface area contributed by atoms with Gasteiger partial charge in [-0.3, -0.25) is 10.2 Å². The van der Waals surface area contributed by atoms with Crippen molar-refractivity contribution < 1.29 is 0 Å². The van der Waals surface area contributed by atoms with Gasteiger partial charge in [0.05, 0.1) is 6.07 Å². The van der Waals surface area contributed by atoms with Gasteiger partial charge >= 0.3 is 0 Å². The first-order chi connectivity index (χ1) is 9.82. The molecule has 120 valence electrons. The third-order valence-corrected chi connectivity index (χ3v) is 4.82. The topological polar surface area (TPSA) is 42.3 Å². The van der Waals surface area contributed by atoms with Crippen molar-refractivity contribution in [1.82, 2.24) is 15.1 Å². The Labute approximate surface area is 130 Å². The molecule has 1 unspecified atom stereocenters. The minimum absolute atomic E-state index is 0.291. The van der Waals surface area contributed by atoms with Crippen molar-refractivity contribution in [1.29, 1.82) is 5.26 Å². The standard InChI is InChI=1S/C17H32N4/c1-16(2,3)21-12-10-20(11-13-21)9-5-8-17(4,14-18)19-15-6-7-15/h15,19H,5-13H2,1-4H3. The highest BCUT2D eigenvalue weighted by Crippen LogP contribution is 2.24. The van der Waals surface area contributed by atoms with Crippen molar-refractivity contribution in [3.05, 3.63) is 0 Å². The van der Waals surface area contributed by atoms with Crippen LogP contribution >= 0.6 is 0 Å². The number of rotatable bonds is 6. The van der Waals surface area contributed by atoms with E-state index >= 15 is 0 Å². The second kappa shape index (κ2) is 6.64. The zero-order chi connectivity index (χ0) is 15.5. The molecule has 2 rings (SSSR count). The average Bonchev–Trinajstić information content (AvgIpc) is 3.22. The van der Waals surface area contributed by atoms with Crippen molar-refractivity contribution in [2.24, 2.45) is 0 Å². The molecule has 2 aliphatic rings. The molecule has 0 amide bonds. The fourth-order valence-electron chi connectivity index (χ4n) is 3.14. The summed E-state index contributed by atoms with van der Waals surface area (Å²) in [5.41, 5.74) is -0.0337. The lowest BCUT2D eigenvalue weighted by molar-refractivity contribution is 0.0610. The van der Waals surface area contributed by atoms with E-state index in [4.69, 9.17) is 0 Å². The number of hydrogen-bond donors (Lipinski definition) is 1. The Morgan fingerprint density at radius 3 is 2.19 bits per heavy atom. The van der Waals surface area contributed by atoms with Crippen LogP contribution in [0, 0.1) is 11.3 Å². The quantitative estimate of drug-likeness (QED) is 0.815. The maximum absolute atomic E-state index is 9.39. The number of nitriles is 1. The molecule has 0 aromatic carbocycles. The van der Waals surface area contributed by atoms with E-state index in [0.29, 0.717) is 11.6 Å². The maximum Gasteiger partial charge on any atom is 0.104 e. The first kappa shape index (κ1) is 16.7. The first-order valence-corrected chi connectivity index (χ1v) is 8.49. The summed E-state index contributed by atoms with van der Waals surface area (Å²) in [5.74, 6) is 0. The molecule has 1 atom stereocenters. The van der Waals surface area contributed by atoms with Crippen LogP contribution < -0.4 is 5.32 Å².